The van der Waals surface area contributed by atoms with Crippen molar-refractivity contribution in [3.05, 3.63) is 122 Å². The summed E-state index contributed by atoms with van der Waals surface area (Å²) in [6.07, 6.45) is 89.1. The highest BCUT2D eigenvalue weighted by Gasteiger charge is 2.19. The number of carbonyl (C=O) groups is 3. The average molecular weight is 1070 g/mol. The third kappa shape index (κ3) is 62.5. The number of esters is 3. The van der Waals surface area contributed by atoms with Crippen LogP contribution in [0, 0.1) is 0 Å². The zero-order chi connectivity index (χ0) is 55.7. The van der Waals surface area contributed by atoms with Crippen LogP contribution in [0.25, 0.3) is 0 Å². The summed E-state index contributed by atoms with van der Waals surface area (Å²) in [6.45, 7) is 6.41. The Morgan fingerprint density at radius 2 is 0.506 bits per heavy atom. The molecular formula is C71H118O6. The Hall–Kier alpha value is -4.19. The van der Waals surface area contributed by atoms with E-state index in [-0.39, 0.29) is 31.1 Å². The van der Waals surface area contributed by atoms with Crippen LogP contribution in [0.4, 0.5) is 0 Å². The molecule has 1 unspecified atom stereocenters. The number of ether oxygens (including phenoxy) is 3. The second-order valence-corrected chi connectivity index (χ2v) is 20.9. The van der Waals surface area contributed by atoms with Crippen molar-refractivity contribution in [3.63, 3.8) is 0 Å². The fourth-order valence-electron chi connectivity index (χ4n) is 8.73. The van der Waals surface area contributed by atoms with Crippen molar-refractivity contribution in [2.24, 2.45) is 0 Å². The predicted molar refractivity (Wildman–Crippen MR) is 334 cm³/mol. The first kappa shape index (κ1) is 72.8. The van der Waals surface area contributed by atoms with Gasteiger partial charge in [-0.3, -0.25) is 14.4 Å². The van der Waals surface area contributed by atoms with Gasteiger partial charge in [-0.05, 0) is 109 Å². The molecule has 0 radical (unpaired) electrons. The van der Waals surface area contributed by atoms with Crippen molar-refractivity contribution >= 4 is 17.9 Å². The summed E-state index contributed by atoms with van der Waals surface area (Å²) in [5.74, 6) is -0.916. The molecule has 0 fully saturated rings. The van der Waals surface area contributed by atoms with Crippen molar-refractivity contribution in [2.45, 2.75) is 297 Å². The van der Waals surface area contributed by atoms with Crippen LogP contribution < -0.4 is 0 Å². The fraction of sp³-hybridized carbons (Fsp3) is 0.676. The molecule has 0 saturated heterocycles. The van der Waals surface area contributed by atoms with Crippen LogP contribution >= 0.6 is 0 Å². The number of hydrogen-bond donors (Lipinski definition) is 0. The topological polar surface area (TPSA) is 78.9 Å². The Morgan fingerprint density at radius 3 is 0.792 bits per heavy atom. The molecule has 0 saturated carbocycles. The van der Waals surface area contributed by atoms with E-state index in [4.69, 9.17) is 14.2 Å². The third-order valence-electron chi connectivity index (χ3n) is 13.5. The predicted octanol–water partition coefficient (Wildman–Crippen LogP) is 22.0. The van der Waals surface area contributed by atoms with Crippen LogP contribution in [-0.4, -0.2) is 37.2 Å². The minimum Gasteiger partial charge on any atom is -0.462 e. The number of allylic oxidation sites excluding steroid dienone is 20. The van der Waals surface area contributed by atoms with Gasteiger partial charge in [-0.1, -0.05) is 284 Å². The van der Waals surface area contributed by atoms with Gasteiger partial charge in [0.05, 0.1) is 0 Å². The van der Waals surface area contributed by atoms with E-state index >= 15 is 0 Å². The largest absolute Gasteiger partial charge is 0.462 e. The van der Waals surface area contributed by atoms with Crippen molar-refractivity contribution in [1.29, 1.82) is 0 Å². The second-order valence-electron chi connectivity index (χ2n) is 20.9. The fourth-order valence-corrected chi connectivity index (χ4v) is 8.73. The highest BCUT2D eigenvalue weighted by Crippen LogP contribution is 2.16. The summed E-state index contributed by atoms with van der Waals surface area (Å²) in [5, 5.41) is 0. The molecule has 1 atom stereocenters. The van der Waals surface area contributed by atoms with E-state index in [1.54, 1.807) is 0 Å². The monoisotopic (exact) mass is 1070 g/mol. The molecule has 0 aliphatic rings. The molecule has 0 bridgehead atoms. The van der Waals surface area contributed by atoms with Gasteiger partial charge in [-0.25, -0.2) is 0 Å². The van der Waals surface area contributed by atoms with E-state index in [2.05, 4.69) is 142 Å². The lowest BCUT2D eigenvalue weighted by atomic mass is 10.0. The summed E-state index contributed by atoms with van der Waals surface area (Å²) >= 11 is 0. The highest BCUT2D eigenvalue weighted by molar-refractivity contribution is 5.71. The average Bonchev–Trinajstić information content (AvgIpc) is 3.43. The maximum Gasteiger partial charge on any atom is 0.306 e. The van der Waals surface area contributed by atoms with Crippen LogP contribution in [0.1, 0.15) is 290 Å². The van der Waals surface area contributed by atoms with E-state index in [1.165, 1.54) is 109 Å². The number of hydrogen-bond acceptors (Lipinski definition) is 6. The summed E-state index contributed by atoms with van der Waals surface area (Å²) in [5.41, 5.74) is 0. The van der Waals surface area contributed by atoms with Gasteiger partial charge in [-0.2, -0.15) is 0 Å². The Bertz CT molecular complexity index is 1600. The standard InChI is InChI=1S/C71H118O6/c1-4-7-10-13-16-19-22-25-28-30-31-32-33-34-35-36-37-38-39-41-43-46-49-52-55-58-61-64-70(73)76-67-68(66-75-69(72)63-60-57-54-51-48-45-42-27-24-21-18-15-12-9-6-3)77-71(74)65-62-59-56-53-50-47-44-40-29-26-23-20-17-14-11-8-5-2/h7-8,10-11,16-17,19-20,25-26,28-29,31-32,34-35,37-38,44,47,68H,4-6,9,12-15,18,21-24,27,30,33,36,39-43,45-46,48-67H2,1-3H3/b10-7-,11-8-,19-16-,20-17-,28-25-,29-26-,32-31-,35-34-,38-37-,47-44-. The minimum atomic E-state index is -0.797. The zero-order valence-corrected chi connectivity index (χ0v) is 50.2. The van der Waals surface area contributed by atoms with Gasteiger partial charge in [0, 0.05) is 19.3 Å². The lowest BCUT2D eigenvalue weighted by Crippen LogP contribution is -2.30. The van der Waals surface area contributed by atoms with Crippen LogP contribution in [0.15, 0.2) is 122 Å². The molecule has 0 N–H and O–H groups in total. The van der Waals surface area contributed by atoms with Gasteiger partial charge in [0.15, 0.2) is 6.10 Å². The van der Waals surface area contributed by atoms with Gasteiger partial charge in [0.25, 0.3) is 0 Å². The van der Waals surface area contributed by atoms with E-state index in [0.29, 0.717) is 19.3 Å². The molecule has 6 nitrogen and oxygen atoms in total. The summed E-state index contributed by atoms with van der Waals surface area (Å²) < 4.78 is 16.9. The third-order valence-corrected chi connectivity index (χ3v) is 13.5. The highest BCUT2D eigenvalue weighted by atomic mass is 16.6. The second kappa shape index (κ2) is 64.3. The molecule has 0 aromatic heterocycles. The molecule has 0 spiro atoms. The number of rotatable bonds is 57. The van der Waals surface area contributed by atoms with Gasteiger partial charge < -0.3 is 14.2 Å². The van der Waals surface area contributed by atoms with E-state index in [9.17, 15) is 14.4 Å². The minimum absolute atomic E-state index is 0.0904. The van der Waals surface area contributed by atoms with Crippen molar-refractivity contribution in [3.8, 4) is 0 Å². The first-order valence-corrected chi connectivity index (χ1v) is 32.0. The lowest BCUT2D eigenvalue weighted by molar-refractivity contribution is -0.167. The van der Waals surface area contributed by atoms with Gasteiger partial charge in [0.1, 0.15) is 13.2 Å². The van der Waals surface area contributed by atoms with E-state index in [1.807, 2.05) is 0 Å². The van der Waals surface area contributed by atoms with Gasteiger partial charge in [-0.15, -0.1) is 0 Å². The smallest absolute Gasteiger partial charge is 0.306 e. The van der Waals surface area contributed by atoms with Crippen molar-refractivity contribution in [1.82, 2.24) is 0 Å². The summed E-state index contributed by atoms with van der Waals surface area (Å²) in [4.78, 5) is 38.3. The Balaban J connectivity index is 4.38. The molecule has 0 aliphatic heterocycles. The molecule has 0 aromatic carbocycles. The molecule has 77 heavy (non-hydrogen) atoms. The SMILES string of the molecule is CC/C=C\C/C=C\C/C=C\C/C=C\C/C=C\C/C=C\CCCCCCCCCCC(=O)OCC(COC(=O)CCCCCCCCCCCCCCCCC)OC(=O)CCCCCC/C=C\C/C=C\C/C=C\C/C=C\CC. The molecule has 438 valence electrons. The van der Waals surface area contributed by atoms with Gasteiger partial charge in [0.2, 0.25) is 0 Å². The maximum absolute atomic E-state index is 12.9. The van der Waals surface area contributed by atoms with E-state index in [0.717, 1.165) is 141 Å². The van der Waals surface area contributed by atoms with Crippen LogP contribution in [0.3, 0.4) is 0 Å². The van der Waals surface area contributed by atoms with Crippen LogP contribution in [-0.2, 0) is 28.6 Å². The van der Waals surface area contributed by atoms with Crippen LogP contribution in [0.2, 0.25) is 0 Å². The lowest BCUT2D eigenvalue weighted by Gasteiger charge is -2.18. The van der Waals surface area contributed by atoms with Gasteiger partial charge >= 0.3 is 17.9 Å². The summed E-state index contributed by atoms with van der Waals surface area (Å²) in [6, 6.07) is 0. The summed E-state index contributed by atoms with van der Waals surface area (Å²) in [7, 11) is 0. The van der Waals surface area contributed by atoms with Crippen molar-refractivity contribution < 1.29 is 28.6 Å². The quantitative estimate of drug-likeness (QED) is 0.0261. The Morgan fingerprint density at radius 1 is 0.273 bits per heavy atom. The van der Waals surface area contributed by atoms with Crippen LogP contribution in [0.5, 0.6) is 0 Å². The zero-order valence-electron chi connectivity index (χ0n) is 50.2. The first-order valence-electron chi connectivity index (χ1n) is 32.0. The van der Waals surface area contributed by atoms with Crippen molar-refractivity contribution in [2.75, 3.05) is 13.2 Å². The number of carbonyl (C=O) groups excluding carboxylic acids is 3. The molecule has 0 aliphatic carbocycles. The molecule has 0 amide bonds. The van der Waals surface area contributed by atoms with E-state index < -0.39 is 6.10 Å². The normalized spacial score (nSPS) is 12.9. The first-order chi connectivity index (χ1) is 38.0. The molecule has 0 rings (SSSR count). The Kier molecular flexibility index (Phi) is 60.8. The Labute approximate surface area is 475 Å². The maximum atomic E-state index is 12.9. The molecule has 0 aromatic rings. The molecule has 6 heteroatoms. The molecular weight excluding hydrogens is 949 g/mol. The number of unbranched alkanes of at least 4 members (excludes halogenated alkanes) is 26. The molecule has 0 heterocycles.